The van der Waals surface area contributed by atoms with Gasteiger partial charge in [-0.25, -0.2) is 8.42 Å². The van der Waals surface area contributed by atoms with Gasteiger partial charge in [-0.05, 0) is 43.5 Å². The van der Waals surface area contributed by atoms with Gasteiger partial charge in [0.15, 0.2) is 0 Å². The zero-order chi connectivity index (χ0) is 14.8. The Bertz CT molecular complexity index is 549. The van der Waals surface area contributed by atoms with Gasteiger partial charge in [0.05, 0.1) is 0 Å². The Morgan fingerprint density at radius 2 is 2.15 bits per heavy atom. The van der Waals surface area contributed by atoms with E-state index >= 15 is 0 Å². The molecule has 114 valence electrons. The molecule has 1 N–H and O–H groups in total. The molecule has 0 radical (unpaired) electrons. The molecule has 2 rings (SSSR count). The molecule has 0 unspecified atom stereocenters. The minimum Gasteiger partial charge on any atom is -0.317 e. The van der Waals surface area contributed by atoms with E-state index in [0.717, 1.165) is 30.8 Å². The van der Waals surface area contributed by atoms with Crippen molar-refractivity contribution in [3.8, 4) is 0 Å². The fourth-order valence-electron chi connectivity index (χ4n) is 2.41. The molecule has 0 aliphatic carbocycles. The summed E-state index contributed by atoms with van der Waals surface area (Å²) in [7, 11) is -3.29. The number of hydrogen-bond acceptors (Lipinski definition) is 4. The predicted molar refractivity (Wildman–Crippen MR) is 83.7 cm³/mol. The molecule has 1 fully saturated rings. The van der Waals surface area contributed by atoms with Gasteiger partial charge in [-0.1, -0.05) is 20.8 Å². The van der Waals surface area contributed by atoms with E-state index in [4.69, 9.17) is 0 Å². The van der Waals surface area contributed by atoms with Crippen molar-refractivity contribution in [2.75, 3.05) is 26.2 Å². The van der Waals surface area contributed by atoms with Crippen LogP contribution in [0.2, 0.25) is 0 Å². The largest absolute Gasteiger partial charge is 0.317 e. The number of rotatable bonds is 6. The minimum absolute atomic E-state index is 0.0954. The first-order chi connectivity index (χ1) is 9.35. The number of sulfonamides is 1. The Morgan fingerprint density at radius 1 is 1.40 bits per heavy atom. The van der Waals surface area contributed by atoms with E-state index in [0.29, 0.717) is 17.3 Å². The third kappa shape index (κ3) is 3.61. The first kappa shape index (κ1) is 15.9. The molecular weight excluding hydrogens is 292 g/mol. The van der Waals surface area contributed by atoms with Crippen LogP contribution < -0.4 is 5.32 Å². The second kappa shape index (κ2) is 6.13. The predicted octanol–water partition coefficient (Wildman–Crippen LogP) is 2.32. The van der Waals surface area contributed by atoms with Gasteiger partial charge in [-0.15, -0.1) is 11.3 Å². The van der Waals surface area contributed by atoms with Gasteiger partial charge in [0.25, 0.3) is 10.0 Å². The maximum absolute atomic E-state index is 12.6. The van der Waals surface area contributed by atoms with Crippen molar-refractivity contribution in [3.63, 3.8) is 0 Å². The van der Waals surface area contributed by atoms with Crippen LogP contribution >= 0.6 is 11.3 Å². The van der Waals surface area contributed by atoms with Crippen LogP contribution in [0.15, 0.2) is 16.3 Å². The van der Waals surface area contributed by atoms with Crippen LogP contribution in [0.3, 0.4) is 0 Å². The Kier molecular flexibility index (Phi) is 4.89. The molecule has 0 bridgehead atoms. The molecule has 0 aromatic carbocycles. The molecule has 4 nitrogen and oxygen atoms in total. The van der Waals surface area contributed by atoms with Gasteiger partial charge in [-0.2, -0.15) is 4.31 Å². The molecule has 0 spiro atoms. The molecule has 0 amide bonds. The first-order valence-corrected chi connectivity index (χ1v) is 9.40. The molecular formula is C14H24N2O2S2. The number of hydrogen-bond donors (Lipinski definition) is 1. The normalized spacial score (nSPS) is 19.6. The third-order valence-electron chi connectivity index (χ3n) is 3.67. The molecule has 0 atom stereocenters. The summed E-state index contributed by atoms with van der Waals surface area (Å²) >= 11 is 1.41. The average Bonchev–Trinajstić information content (AvgIpc) is 2.97. The van der Waals surface area contributed by atoms with Crippen LogP contribution in [-0.4, -0.2) is 38.9 Å². The van der Waals surface area contributed by atoms with Crippen molar-refractivity contribution in [3.05, 3.63) is 17.0 Å². The van der Waals surface area contributed by atoms with Crippen LogP contribution in [0.25, 0.3) is 0 Å². The standard InChI is InChI=1S/C14H24N2O2S2/c1-4-15-9-7-12-5-6-13(19-12)20(17,18)16-10-8-14(2,3)11-16/h5-6,15H,4,7-11H2,1-3H3. The van der Waals surface area contributed by atoms with Crippen LogP contribution in [0, 0.1) is 5.41 Å². The molecule has 1 aromatic heterocycles. The van der Waals surface area contributed by atoms with Crippen LogP contribution in [0.5, 0.6) is 0 Å². The fraction of sp³-hybridized carbons (Fsp3) is 0.714. The Morgan fingerprint density at radius 3 is 2.75 bits per heavy atom. The van der Waals surface area contributed by atoms with Gasteiger partial charge in [-0.3, -0.25) is 0 Å². The highest BCUT2D eigenvalue weighted by molar-refractivity contribution is 7.91. The summed E-state index contributed by atoms with van der Waals surface area (Å²) in [4.78, 5) is 1.13. The molecule has 1 aromatic rings. The van der Waals surface area contributed by atoms with E-state index in [-0.39, 0.29) is 5.41 Å². The zero-order valence-electron chi connectivity index (χ0n) is 12.5. The molecule has 20 heavy (non-hydrogen) atoms. The molecule has 1 aliphatic heterocycles. The summed E-state index contributed by atoms with van der Waals surface area (Å²) in [5, 5.41) is 3.26. The number of nitrogens with zero attached hydrogens (tertiary/aromatic N) is 1. The van der Waals surface area contributed by atoms with Gasteiger partial charge in [0, 0.05) is 18.0 Å². The molecule has 0 saturated carbocycles. The zero-order valence-corrected chi connectivity index (χ0v) is 14.1. The SMILES string of the molecule is CCNCCc1ccc(S(=O)(=O)N2CCC(C)(C)C2)s1. The quantitative estimate of drug-likeness (QED) is 0.820. The smallest absolute Gasteiger partial charge is 0.252 e. The highest BCUT2D eigenvalue weighted by Gasteiger charge is 2.37. The van der Waals surface area contributed by atoms with Crippen molar-refractivity contribution < 1.29 is 8.42 Å². The summed E-state index contributed by atoms with van der Waals surface area (Å²) in [6.07, 6.45) is 1.82. The summed E-state index contributed by atoms with van der Waals surface area (Å²) < 4.78 is 27.3. The second-order valence-electron chi connectivity index (χ2n) is 6.08. The lowest BCUT2D eigenvalue weighted by Crippen LogP contribution is -2.29. The summed E-state index contributed by atoms with van der Waals surface area (Å²) in [6, 6.07) is 3.70. The van der Waals surface area contributed by atoms with Crippen molar-refractivity contribution in [1.82, 2.24) is 9.62 Å². The van der Waals surface area contributed by atoms with E-state index in [2.05, 4.69) is 26.1 Å². The molecule has 6 heteroatoms. The summed E-state index contributed by atoms with van der Waals surface area (Å²) in [6.45, 7) is 9.42. The van der Waals surface area contributed by atoms with Crippen molar-refractivity contribution in [2.45, 2.75) is 37.8 Å². The van der Waals surface area contributed by atoms with E-state index in [1.54, 1.807) is 10.4 Å². The van der Waals surface area contributed by atoms with E-state index in [1.807, 2.05) is 6.07 Å². The van der Waals surface area contributed by atoms with E-state index in [1.165, 1.54) is 11.3 Å². The van der Waals surface area contributed by atoms with Gasteiger partial charge >= 0.3 is 0 Å². The minimum atomic E-state index is -3.29. The topological polar surface area (TPSA) is 49.4 Å². The highest BCUT2D eigenvalue weighted by atomic mass is 32.2. The van der Waals surface area contributed by atoms with Crippen molar-refractivity contribution in [2.24, 2.45) is 5.41 Å². The maximum Gasteiger partial charge on any atom is 0.252 e. The van der Waals surface area contributed by atoms with Crippen LogP contribution in [0.4, 0.5) is 0 Å². The van der Waals surface area contributed by atoms with E-state index in [9.17, 15) is 8.42 Å². The first-order valence-electron chi connectivity index (χ1n) is 7.15. The lowest BCUT2D eigenvalue weighted by Gasteiger charge is -2.18. The fourth-order valence-corrected chi connectivity index (χ4v) is 5.55. The van der Waals surface area contributed by atoms with Crippen LogP contribution in [-0.2, 0) is 16.4 Å². The molecule has 1 saturated heterocycles. The van der Waals surface area contributed by atoms with Crippen LogP contribution in [0.1, 0.15) is 32.1 Å². The summed E-state index contributed by atoms with van der Waals surface area (Å²) in [5.41, 5.74) is 0.0954. The maximum atomic E-state index is 12.6. The van der Waals surface area contributed by atoms with Gasteiger partial charge in [0.2, 0.25) is 0 Å². The average molecular weight is 316 g/mol. The Labute approximate surface area is 126 Å². The Hall–Kier alpha value is -0.430. The second-order valence-corrected chi connectivity index (χ2v) is 9.41. The number of thiophene rings is 1. The molecule has 1 aliphatic rings. The Balaban J connectivity index is 2.07. The third-order valence-corrected chi connectivity index (χ3v) is 7.13. The van der Waals surface area contributed by atoms with Gasteiger partial charge in [0.1, 0.15) is 4.21 Å². The monoisotopic (exact) mass is 316 g/mol. The summed E-state index contributed by atoms with van der Waals surface area (Å²) in [5.74, 6) is 0. The van der Waals surface area contributed by atoms with E-state index < -0.39 is 10.0 Å². The van der Waals surface area contributed by atoms with Gasteiger partial charge < -0.3 is 5.32 Å². The molecule has 2 heterocycles. The van der Waals surface area contributed by atoms with Crippen molar-refractivity contribution >= 4 is 21.4 Å². The van der Waals surface area contributed by atoms with Crippen molar-refractivity contribution in [1.29, 1.82) is 0 Å². The highest BCUT2D eigenvalue weighted by Crippen LogP contribution is 2.34. The number of nitrogens with one attached hydrogen (secondary N) is 1. The number of likely N-dealkylation sites (N-methyl/N-ethyl adjacent to an activating group) is 1. The lowest BCUT2D eigenvalue weighted by molar-refractivity contribution is 0.376. The lowest BCUT2D eigenvalue weighted by atomic mass is 9.93.